The number of hydrogen-bond donors (Lipinski definition) is 1. The van der Waals surface area contributed by atoms with Crippen molar-refractivity contribution in [2.24, 2.45) is 3.77 Å². The summed E-state index contributed by atoms with van der Waals surface area (Å²) in [6.45, 7) is -0.224. The first-order valence-corrected chi connectivity index (χ1v) is 6.82. The summed E-state index contributed by atoms with van der Waals surface area (Å²) in [6.07, 6.45) is -0.317. The summed E-state index contributed by atoms with van der Waals surface area (Å²) in [5, 5.41) is -1.77. The highest BCUT2D eigenvalue weighted by atomic mass is 32.3. The van der Waals surface area contributed by atoms with Gasteiger partial charge in [0.25, 0.3) is 0 Å². The average molecular weight is 287 g/mol. The maximum absolute atomic E-state index is 12.2. The second-order valence-electron chi connectivity index (χ2n) is 2.72. The Hall–Kier alpha value is -0.420. The van der Waals surface area contributed by atoms with E-state index in [9.17, 15) is 30.2 Å². The molecule has 0 aromatic heterocycles. The minimum atomic E-state index is -6.09. The first-order valence-electron chi connectivity index (χ1n) is 3.85. The summed E-state index contributed by atoms with van der Waals surface area (Å²) in [5.41, 5.74) is -5.77. The summed E-state index contributed by atoms with van der Waals surface area (Å²) in [7, 11) is -10.9. The largest absolute Gasteiger partial charge is 0.519 e. The highest BCUT2D eigenvalue weighted by Crippen LogP contribution is 2.26. The zero-order valence-electron chi connectivity index (χ0n) is 7.94. The third kappa shape index (κ3) is 3.56. The zero-order chi connectivity index (χ0) is 13.2. The average Bonchev–Trinajstić information content (AvgIpc) is 2.00. The maximum Gasteiger partial charge on any atom is 0.519 e. The van der Waals surface area contributed by atoms with Gasteiger partial charge in [-0.15, -0.1) is 0 Å². The topological polar surface area (TPSA) is 83.8 Å². The predicted octanol–water partition coefficient (Wildman–Crippen LogP) is 1.53. The van der Waals surface area contributed by atoms with Crippen molar-refractivity contribution in [1.29, 1.82) is 0 Å². The van der Waals surface area contributed by atoms with Crippen molar-refractivity contribution < 1.29 is 34.7 Å². The molecule has 0 fully saturated rings. The molecule has 0 aromatic rings. The monoisotopic (exact) mass is 287 g/mol. The molecule has 0 spiro atoms. The molecule has 0 saturated heterocycles. The Morgan fingerprint density at radius 3 is 2.00 bits per heavy atom. The van der Waals surface area contributed by atoms with Crippen LogP contribution in [0, 0.1) is 0 Å². The van der Waals surface area contributed by atoms with Crippen LogP contribution in [0.3, 0.4) is 0 Å². The number of alkyl halides is 4. The molecule has 11 heteroatoms. The summed E-state index contributed by atoms with van der Waals surface area (Å²) >= 11 is 0. The standard InChI is InChI=1S/C5H9F4NO4S2/c1-2-4(3-6)15(11,12)10-16(13,14)5(7,8)9/h4H,2-3H2,1H3,(H,10,11,12). The van der Waals surface area contributed by atoms with Gasteiger partial charge in [0.15, 0.2) is 10.0 Å². The zero-order valence-corrected chi connectivity index (χ0v) is 9.57. The number of halogens is 4. The van der Waals surface area contributed by atoms with Gasteiger partial charge in [-0.1, -0.05) is 10.7 Å². The number of nitrogens with zero attached hydrogens (tertiary/aromatic N) is 1. The quantitative estimate of drug-likeness (QED) is 0.795. The van der Waals surface area contributed by atoms with Gasteiger partial charge >= 0.3 is 15.5 Å². The van der Waals surface area contributed by atoms with Gasteiger partial charge in [-0.05, 0) is 6.42 Å². The molecule has 0 radical (unpaired) electrons. The Balaban J connectivity index is 5.59. The second-order valence-corrected chi connectivity index (χ2v) is 6.47. The van der Waals surface area contributed by atoms with Gasteiger partial charge in [0, 0.05) is 0 Å². The Labute approximate surface area is 89.9 Å². The molecule has 0 bridgehead atoms. The van der Waals surface area contributed by atoms with Crippen LogP contribution >= 0.6 is 0 Å². The van der Waals surface area contributed by atoms with Crippen LogP contribution in [0.4, 0.5) is 17.6 Å². The minimum Gasteiger partial charge on any atom is -0.299 e. The Morgan fingerprint density at radius 2 is 1.75 bits per heavy atom. The van der Waals surface area contributed by atoms with Gasteiger partial charge in [0.1, 0.15) is 6.67 Å². The molecule has 16 heavy (non-hydrogen) atoms. The van der Waals surface area contributed by atoms with Crippen molar-refractivity contribution >= 4 is 20.0 Å². The minimum absolute atomic E-state index is 0.317. The molecule has 0 aliphatic rings. The number of hydrogen-bond acceptors (Lipinski definition) is 3. The lowest BCUT2D eigenvalue weighted by atomic mass is 10.4. The smallest absolute Gasteiger partial charge is 0.299 e. The molecular formula is C5H9F4NO4S2. The molecular weight excluding hydrogens is 278 g/mol. The van der Waals surface area contributed by atoms with Crippen LogP contribution in [0.1, 0.15) is 13.3 Å². The third-order valence-corrected chi connectivity index (χ3v) is 5.11. The van der Waals surface area contributed by atoms with Crippen LogP contribution in [0.5, 0.6) is 0 Å². The molecule has 0 aliphatic heterocycles. The van der Waals surface area contributed by atoms with E-state index in [1.165, 1.54) is 6.92 Å². The highest BCUT2D eigenvalue weighted by molar-refractivity contribution is 8.01. The van der Waals surface area contributed by atoms with Crippen molar-refractivity contribution in [2.45, 2.75) is 24.1 Å². The van der Waals surface area contributed by atoms with Crippen LogP contribution in [0.25, 0.3) is 0 Å². The lowest BCUT2D eigenvalue weighted by molar-refractivity contribution is -0.0435. The van der Waals surface area contributed by atoms with Crippen molar-refractivity contribution in [1.82, 2.24) is 0 Å². The first-order chi connectivity index (χ1) is 6.98. The van der Waals surface area contributed by atoms with E-state index in [0.29, 0.717) is 0 Å². The van der Waals surface area contributed by atoms with E-state index in [4.69, 9.17) is 4.55 Å². The van der Waals surface area contributed by atoms with E-state index < -0.39 is 37.5 Å². The number of sulfonamides is 1. The molecule has 0 aromatic carbocycles. The number of rotatable bonds is 4. The second kappa shape index (κ2) is 4.84. The summed E-state index contributed by atoms with van der Waals surface area (Å²) < 4.78 is 90.4. The van der Waals surface area contributed by atoms with Crippen molar-refractivity contribution in [2.75, 3.05) is 6.67 Å². The van der Waals surface area contributed by atoms with E-state index in [2.05, 4.69) is 0 Å². The Kier molecular flexibility index (Phi) is 4.71. The van der Waals surface area contributed by atoms with Gasteiger partial charge in [-0.3, -0.25) is 4.55 Å². The highest BCUT2D eigenvalue weighted by Gasteiger charge is 2.47. The van der Waals surface area contributed by atoms with Gasteiger partial charge in [0.2, 0.25) is 0 Å². The normalized spacial score (nSPS) is 18.9. The summed E-state index contributed by atoms with van der Waals surface area (Å²) in [4.78, 5) is 0. The van der Waals surface area contributed by atoms with Crippen LogP contribution in [-0.4, -0.2) is 34.6 Å². The first kappa shape index (κ1) is 15.6. The molecule has 0 saturated carbocycles. The molecule has 1 N–H and O–H groups in total. The lowest BCUT2D eigenvalue weighted by Gasteiger charge is -2.11. The fraction of sp³-hybridized carbons (Fsp3) is 1.00. The summed E-state index contributed by atoms with van der Waals surface area (Å²) in [5.74, 6) is 0. The third-order valence-electron chi connectivity index (χ3n) is 1.56. The van der Waals surface area contributed by atoms with Crippen LogP contribution in [0.2, 0.25) is 0 Å². The van der Waals surface area contributed by atoms with Crippen molar-refractivity contribution in [3.8, 4) is 0 Å². The van der Waals surface area contributed by atoms with Gasteiger partial charge in [-0.25, -0.2) is 8.60 Å². The summed E-state index contributed by atoms with van der Waals surface area (Å²) in [6, 6.07) is 0. The van der Waals surface area contributed by atoms with E-state index >= 15 is 0 Å². The van der Waals surface area contributed by atoms with E-state index in [1.807, 2.05) is 3.77 Å². The lowest BCUT2D eigenvalue weighted by Crippen LogP contribution is -2.27. The van der Waals surface area contributed by atoms with Crippen LogP contribution in [0.15, 0.2) is 3.77 Å². The SMILES string of the molecule is CCC(CF)S(=O)(O)=NS(=O)(=O)C(F)(F)F. The van der Waals surface area contributed by atoms with Crippen LogP contribution in [-0.2, 0) is 20.0 Å². The van der Waals surface area contributed by atoms with E-state index in [-0.39, 0.29) is 6.42 Å². The van der Waals surface area contributed by atoms with Crippen molar-refractivity contribution in [3.63, 3.8) is 0 Å². The molecule has 98 valence electrons. The van der Waals surface area contributed by atoms with Crippen molar-refractivity contribution in [3.05, 3.63) is 0 Å². The van der Waals surface area contributed by atoms with Gasteiger partial charge in [0.05, 0.1) is 5.25 Å². The maximum atomic E-state index is 12.2. The Morgan fingerprint density at radius 1 is 1.31 bits per heavy atom. The van der Waals surface area contributed by atoms with E-state index in [1.54, 1.807) is 0 Å². The molecule has 0 aliphatic carbocycles. The molecule has 5 nitrogen and oxygen atoms in total. The fourth-order valence-corrected chi connectivity index (χ4v) is 3.20. The van der Waals surface area contributed by atoms with E-state index in [0.717, 1.165) is 0 Å². The molecule has 0 heterocycles. The molecule has 2 unspecified atom stereocenters. The molecule has 0 rings (SSSR count). The predicted molar refractivity (Wildman–Crippen MR) is 48.2 cm³/mol. The Bertz CT molecular complexity index is 444. The van der Waals surface area contributed by atoms with Crippen LogP contribution < -0.4 is 0 Å². The fourth-order valence-electron chi connectivity index (χ4n) is 0.652. The van der Waals surface area contributed by atoms with Gasteiger partial charge in [-0.2, -0.15) is 21.6 Å². The molecule has 2 atom stereocenters. The van der Waals surface area contributed by atoms with Gasteiger partial charge < -0.3 is 0 Å². The molecule has 0 amide bonds.